The van der Waals surface area contributed by atoms with Crippen molar-refractivity contribution in [3.8, 4) is 0 Å². The molecule has 0 aromatic heterocycles. The second kappa shape index (κ2) is 13.1. The zero-order valence-corrected chi connectivity index (χ0v) is 16.0. The van der Waals surface area contributed by atoms with E-state index in [0.717, 1.165) is 25.7 Å². The molecule has 25 heavy (non-hydrogen) atoms. The van der Waals surface area contributed by atoms with Gasteiger partial charge in [0.1, 0.15) is 5.41 Å². The highest BCUT2D eigenvalue weighted by molar-refractivity contribution is 6.05. The minimum Gasteiger partial charge on any atom is -0.395 e. The summed E-state index contributed by atoms with van der Waals surface area (Å²) in [5.74, 6) is -0.610. The van der Waals surface area contributed by atoms with Crippen LogP contribution >= 0.6 is 0 Å². The lowest BCUT2D eigenvalue weighted by atomic mass is 9.75. The van der Waals surface area contributed by atoms with Crippen molar-refractivity contribution in [1.82, 2.24) is 9.80 Å². The lowest BCUT2D eigenvalue weighted by Gasteiger charge is -2.38. The smallest absolute Gasteiger partial charge is 0.238 e. The lowest BCUT2D eigenvalue weighted by Crippen LogP contribution is -2.54. The molecule has 0 spiro atoms. The summed E-state index contributed by atoms with van der Waals surface area (Å²) in [5.41, 5.74) is -1.19. The SMILES string of the molecule is CCCCC(CCCC)(C(=O)N(C)CCO)C(=O)N(CCO)CCO. The zero-order valence-electron chi connectivity index (χ0n) is 16.0. The molecule has 0 aliphatic carbocycles. The number of rotatable bonds is 14. The van der Waals surface area contributed by atoms with Gasteiger partial charge in [-0.2, -0.15) is 0 Å². The number of nitrogens with zero attached hydrogens (tertiary/aromatic N) is 2. The maximum absolute atomic E-state index is 13.3. The summed E-state index contributed by atoms with van der Waals surface area (Å²) in [6, 6.07) is 0. The van der Waals surface area contributed by atoms with Crippen molar-refractivity contribution >= 4 is 11.8 Å². The van der Waals surface area contributed by atoms with Crippen molar-refractivity contribution in [2.75, 3.05) is 46.5 Å². The Hall–Kier alpha value is -1.18. The molecular formula is C18H36N2O5. The third kappa shape index (κ3) is 6.92. The van der Waals surface area contributed by atoms with Crippen LogP contribution in [0.2, 0.25) is 0 Å². The number of aliphatic hydroxyl groups excluding tert-OH is 3. The highest BCUT2D eigenvalue weighted by atomic mass is 16.3. The van der Waals surface area contributed by atoms with Gasteiger partial charge in [-0.05, 0) is 12.8 Å². The monoisotopic (exact) mass is 360 g/mol. The molecule has 0 aromatic rings. The summed E-state index contributed by atoms with van der Waals surface area (Å²) < 4.78 is 0. The van der Waals surface area contributed by atoms with Crippen LogP contribution < -0.4 is 0 Å². The van der Waals surface area contributed by atoms with Gasteiger partial charge in [0, 0.05) is 26.7 Å². The van der Waals surface area contributed by atoms with Crippen LogP contribution in [0.15, 0.2) is 0 Å². The van der Waals surface area contributed by atoms with Crippen LogP contribution in [-0.2, 0) is 9.59 Å². The quantitative estimate of drug-likeness (QED) is 0.394. The number of carbonyl (C=O) groups is 2. The van der Waals surface area contributed by atoms with Crippen molar-refractivity contribution < 1.29 is 24.9 Å². The van der Waals surface area contributed by atoms with E-state index < -0.39 is 5.41 Å². The van der Waals surface area contributed by atoms with Gasteiger partial charge in [0.15, 0.2) is 0 Å². The van der Waals surface area contributed by atoms with Gasteiger partial charge < -0.3 is 25.1 Å². The Balaban J connectivity index is 5.83. The molecule has 0 saturated heterocycles. The summed E-state index contributed by atoms with van der Waals surface area (Å²) in [4.78, 5) is 29.3. The summed E-state index contributed by atoms with van der Waals surface area (Å²) in [6.45, 7) is 3.78. The summed E-state index contributed by atoms with van der Waals surface area (Å²) in [7, 11) is 1.60. The average Bonchev–Trinajstić information content (AvgIpc) is 2.61. The van der Waals surface area contributed by atoms with E-state index in [9.17, 15) is 19.8 Å². The summed E-state index contributed by atoms with van der Waals surface area (Å²) in [6.07, 6.45) is 4.06. The molecule has 148 valence electrons. The Morgan fingerprint density at radius 2 is 1.24 bits per heavy atom. The minimum atomic E-state index is -1.19. The van der Waals surface area contributed by atoms with Gasteiger partial charge in [0.2, 0.25) is 11.8 Å². The van der Waals surface area contributed by atoms with Crippen LogP contribution in [0.4, 0.5) is 0 Å². The molecule has 7 heteroatoms. The molecule has 0 aliphatic rings. The number of amides is 2. The molecule has 0 fully saturated rings. The van der Waals surface area contributed by atoms with E-state index in [1.54, 1.807) is 7.05 Å². The van der Waals surface area contributed by atoms with Crippen molar-refractivity contribution in [2.45, 2.75) is 52.4 Å². The van der Waals surface area contributed by atoms with Crippen molar-refractivity contribution in [2.24, 2.45) is 5.41 Å². The Morgan fingerprint density at radius 1 is 0.800 bits per heavy atom. The topological polar surface area (TPSA) is 101 Å². The van der Waals surface area contributed by atoms with E-state index in [-0.39, 0.29) is 51.3 Å². The van der Waals surface area contributed by atoms with E-state index in [1.807, 2.05) is 13.8 Å². The first-order chi connectivity index (χ1) is 11.9. The molecule has 0 unspecified atom stereocenters. The number of carbonyl (C=O) groups excluding carboxylic acids is 2. The molecule has 0 aliphatic heterocycles. The first kappa shape index (κ1) is 23.8. The minimum absolute atomic E-state index is 0.0936. The van der Waals surface area contributed by atoms with Crippen molar-refractivity contribution in [3.05, 3.63) is 0 Å². The lowest BCUT2D eigenvalue weighted by molar-refractivity contribution is -0.158. The number of hydrogen-bond acceptors (Lipinski definition) is 5. The standard InChI is InChI=1S/C18H36N2O5/c1-4-6-8-18(9-7-5-2,16(24)19(3)10-13-21)17(25)20(11-14-22)12-15-23/h21-23H,4-15H2,1-3H3. The molecule has 2 amide bonds. The molecular weight excluding hydrogens is 324 g/mol. The van der Waals surface area contributed by atoms with Gasteiger partial charge in [0.25, 0.3) is 0 Å². The Bertz CT molecular complexity index is 376. The third-order valence-electron chi connectivity index (χ3n) is 4.54. The first-order valence-corrected chi connectivity index (χ1v) is 9.32. The van der Waals surface area contributed by atoms with Crippen LogP contribution in [-0.4, -0.2) is 83.4 Å². The highest BCUT2D eigenvalue weighted by Gasteiger charge is 2.47. The molecule has 0 saturated carbocycles. The molecule has 3 N–H and O–H groups in total. The molecule has 0 rings (SSSR count). The predicted molar refractivity (Wildman–Crippen MR) is 97.0 cm³/mol. The predicted octanol–water partition coefficient (Wildman–Crippen LogP) is 0.617. The maximum atomic E-state index is 13.3. The second-order valence-electron chi connectivity index (χ2n) is 6.48. The number of likely N-dealkylation sites (N-methyl/N-ethyl adjacent to an activating group) is 1. The van der Waals surface area contributed by atoms with E-state index in [0.29, 0.717) is 12.8 Å². The molecule has 7 nitrogen and oxygen atoms in total. The van der Waals surface area contributed by atoms with Crippen molar-refractivity contribution in [3.63, 3.8) is 0 Å². The first-order valence-electron chi connectivity index (χ1n) is 9.32. The largest absolute Gasteiger partial charge is 0.395 e. The number of hydrogen-bond donors (Lipinski definition) is 3. The molecule has 0 aromatic carbocycles. The molecule has 0 heterocycles. The normalized spacial score (nSPS) is 11.4. The summed E-state index contributed by atoms with van der Waals surface area (Å²) >= 11 is 0. The van der Waals surface area contributed by atoms with Gasteiger partial charge in [-0.15, -0.1) is 0 Å². The molecule has 0 radical (unpaired) electrons. The number of aliphatic hydroxyl groups is 3. The number of unbranched alkanes of at least 4 members (excludes halogenated alkanes) is 2. The van der Waals surface area contributed by atoms with Crippen molar-refractivity contribution in [1.29, 1.82) is 0 Å². The Morgan fingerprint density at radius 3 is 1.60 bits per heavy atom. The van der Waals surface area contributed by atoms with Crippen LogP contribution in [0.3, 0.4) is 0 Å². The third-order valence-corrected chi connectivity index (χ3v) is 4.54. The average molecular weight is 360 g/mol. The maximum Gasteiger partial charge on any atom is 0.238 e. The summed E-state index contributed by atoms with van der Waals surface area (Å²) in [5, 5.41) is 27.7. The fraction of sp³-hybridized carbons (Fsp3) is 0.889. The highest BCUT2D eigenvalue weighted by Crippen LogP contribution is 2.35. The van der Waals surface area contributed by atoms with Gasteiger partial charge in [0.05, 0.1) is 19.8 Å². The second-order valence-corrected chi connectivity index (χ2v) is 6.48. The van der Waals surface area contributed by atoms with E-state index in [4.69, 9.17) is 5.11 Å². The fourth-order valence-corrected chi connectivity index (χ4v) is 3.08. The van der Waals surface area contributed by atoms with E-state index in [2.05, 4.69) is 0 Å². The molecule has 0 bridgehead atoms. The van der Waals surface area contributed by atoms with Crippen LogP contribution in [0.25, 0.3) is 0 Å². The van der Waals surface area contributed by atoms with Gasteiger partial charge in [-0.1, -0.05) is 39.5 Å². The Labute approximate surface area is 151 Å². The zero-order chi connectivity index (χ0) is 19.3. The van der Waals surface area contributed by atoms with Gasteiger partial charge >= 0.3 is 0 Å². The van der Waals surface area contributed by atoms with E-state index in [1.165, 1.54) is 9.80 Å². The fourth-order valence-electron chi connectivity index (χ4n) is 3.08. The van der Waals surface area contributed by atoms with Gasteiger partial charge in [-0.25, -0.2) is 0 Å². The van der Waals surface area contributed by atoms with Gasteiger partial charge in [-0.3, -0.25) is 9.59 Å². The Kier molecular flexibility index (Phi) is 12.5. The van der Waals surface area contributed by atoms with Crippen LogP contribution in [0.5, 0.6) is 0 Å². The van der Waals surface area contributed by atoms with E-state index >= 15 is 0 Å². The van der Waals surface area contributed by atoms with Crippen LogP contribution in [0.1, 0.15) is 52.4 Å². The van der Waals surface area contributed by atoms with Crippen LogP contribution in [0, 0.1) is 5.41 Å². The molecule has 0 atom stereocenters.